The molecule has 0 spiro atoms. The number of aliphatic imine (C=N–C) groups is 6. The Hall–Kier alpha value is -5.29. The van der Waals surface area contributed by atoms with Gasteiger partial charge in [0.25, 0.3) is 0 Å². The van der Waals surface area contributed by atoms with Crippen molar-refractivity contribution in [3.8, 4) is 0 Å². The number of nitrogens with one attached hydrogen (secondary N) is 3. The summed E-state index contributed by atoms with van der Waals surface area (Å²) >= 11 is 0. The Balaban J connectivity index is 1.03. The first-order chi connectivity index (χ1) is 28.2. The molecule has 0 radical (unpaired) electrons. The van der Waals surface area contributed by atoms with Crippen LogP contribution in [0.15, 0.2) is 99.1 Å². The van der Waals surface area contributed by atoms with Crippen LogP contribution in [0.1, 0.15) is 38.5 Å². The van der Waals surface area contributed by atoms with Crippen LogP contribution in [-0.4, -0.2) is 133 Å². The van der Waals surface area contributed by atoms with E-state index in [9.17, 15) is 29.7 Å². The van der Waals surface area contributed by atoms with Crippen LogP contribution >= 0.6 is 0 Å². The molecule has 0 aromatic heterocycles. The van der Waals surface area contributed by atoms with Crippen molar-refractivity contribution in [2.45, 2.75) is 38.5 Å². The highest BCUT2D eigenvalue weighted by atomic mass is 16.4. The SMILES string of the molecule is O=C(O)C(CC1=CN=C2C=NC(CN(CC3=C4C(CC(C(=O)O)C5CCNC5)=CN=C4C=N3)CC3=C4C(CC(C(=O)O)C5CCNC5)=CN=C4C=N3)=C12)C1CCNC1. The lowest BCUT2D eigenvalue weighted by Gasteiger charge is -2.25. The number of aliphatic carboxylic acids is 3. The summed E-state index contributed by atoms with van der Waals surface area (Å²) in [5.74, 6) is -4.03. The van der Waals surface area contributed by atoms with Gasteiger partial charge in [-0.05, 0) is 112 Å². The van der Waals surface area contributed by atoms with Crippen molar-refractivity contribution in [2.24, 2.45) is 65.5 Å². The topological polar surface area (TPSA) is 225 Å². The van der Waals surface area contributed by atoms with Crippen LogP contribution in [0.4, 0.5) is 0 Å². The molecule has 3 fully saturated rings. The van der Waals surface area contributed by atoms with Gasteiger partial charge < -0.3 is 31.3 Å². The van der Waals surface area contributed by atoms with Crippen molar-refractivity contribution < 1.29 is 29.7 Å². The molecule has 0 saturated carbocycles. The zero-order chi connectivity index (χ0) is 39.9. The van der Waals surface area contributed by atoms with Gasteiger partial charge in [0.05, 0.1) is 70.6 Å². The smallest absolute Gasteiger partial charge is 0.307 e. The summed E-state index contributed by atoms with van der Waals surface area (Å²) in [6.07, 6.45) is 14.0. The molecule has 9 aliphatic heterocycles. The maximum Gasteiger partial charge on any atom is 0.307 e. The predicted molar refractivity (Wildman–Crippen MR) is 220 cm³/mol. The zero-order valence-electron chi connectivity index (χ0n) is 32.2. The van der Waals surface area contributed by atoms with Crippen LogP contribution in [-0.2, 0) is 14.4 Å². The van der Waals surface area contributed by atoms with Gasteiger partial charge in [0, 0.05) is 55.0 Å². The van der Waals surface area contributed by atoms with Crippen LogP contribution in [0.5, 0.6) is 0 Å². The molecule has 6 atom stereocenters. The van der Waals surface area contributed by atoms with E-state index >= 15 is 0 Å². The number of hydrogen-bond donors (Lipinski definition) is 6. The first kappa shape index (κ1) is 38.2. The molecule has 6 N–H and O–H groups in total. The van der Waals surface area contributed by atoms with Crippen molar-refractivity contribution in [3.63, 3.8) is 0 Å². The van der Waals surface area contributed by atoms with E-state index < -0.39 is 35.7 Å². The second-order valence-corrected chi connectivity index (χ2v) is 16.6. The molecule has 6 unspecified atom stereocenters. The third-order valence-corrected chi connectivity index (χ3v) is 13.1. The Morgan fingerprint density at radius 2 is 0.862 bits per heavy atom. The van der Waals surface area contributed by atoms with E-state index in [1.54, 1.807) is 37.2 Å². The Bertz CT molecular complexity index is 1940. The molecule has 0 bridgehead atoms. The van der Waals surface area contributed by atoms with Gasteiger partial charge in [0.1, 0.15) is 0 Å². The Morgan fingerprint density at radius 1 is 0.552 bits per heavy atom. The number of carboxylic acid groups (broad SMARTS) is 3. The van der Waals surface area contributed by atoms with Gasteiger partial charge in [-0.3, -0.25) is 49.2 Å². The van der Waals surface area contributed by atoms with Crippen LogP contribution in [0.3, 0.4) is 0 Å². The van der Waals surface area contributed by atoms with Gasteiger partial charge in [-0.15, -0.1) is 0 Å². The van der Waals surface area contributed by atoms with Gasteiger partial charge in [-0.1, -0.05) is 0 Å². The second-order valence-electron chi connectivity index (χ2n) is 16.6. The van der Waals surface area contributed by atoms with Gasteiger partial charge >= 0.3 is 17.9 Å². The van der Waals surface area contributed by atoms with Crippen molar-refractivity contribution in [3.05, 3.63) is 69.1 Å². The van der Waals surface area contributed by atoms with E-state index in [4.69, 9.17) is 15.0 Å². The molecule has 9 heterocycles. The number of nitrogens with zero attached hydrogens (tertiary/aromatic N) is 7. The molecule has 9 aliphatic rings. The fourth-order valence-corrected chi connectivity index (χ4v) is 9.99. The monoisotopic (exact) mass is 788 g/mol. The lowest BCUT2D eigenvalue weighted by Crippen LogP contribution is -2.31. The average molecular weight is 789 g/mol. The number of carboxylic acids is 3. The summed E-state index contributed by atoms with van der Waals surface area (Å²) in [6.45, 7) is 5.50. The minimum absolute atomic E-state index is 0.0259. The quantitative estimate of drug-likeness (QED) is 0.119. The third kappa shape index (κ3) is 7.45. The minimum Gasteiger partial charge on any atom is -0.481 e. The Morgan fingerprint density at radius 3 is 1.12 bits per heavy atom. The standard InChI is InChI=1S/C42H48N10O6/c53-40(54)28(22-1-4-43-10-22)7-25-13-46-31-16-49-34(37(25)31)19-52(20-35-38-26(14-47-32(38)17-50-35)8-29(41(55)56)23-2-5-44-11-23)21-36-39-27(15-48-33(39)18-51-36)9-30(42(57)58)24-3-6-45-12-24/h13-18,22-24,28-30,43-45H,1-12,19-21H2,(H,53,54)(H,55,56)(H,57,58). The van der Waals surface area contributed by atoms with Crippen LogP contribution in [0, 0.1) is 35.5 Å². The average Bonchev–Trinajstić information content (AvgIpc) is 4.04. The Labute approximate surface area is 335 Å². The molecule has 0 aromatic carbocycles. The molecular weight excluding hydrogens is 741 g/mol. The van der Waals surface area contributed by atoms with Gasteiger partial charge in [0.15, 0.2) is 0 Å². The molecular formula is C42H48N10O6. The zero-order valence-corrected chi connectivity index (χ0v) is 32.2. The number of hydrogen-bond acceptors (Lipinski definition) is 13. The number of allylic oxidation sites excluding steroid dienone is 6. The number of fused-ring (bicyclic) bond motifs is 3. The summed E-state index contributed by atoms with van der Waals surface area (Å²) in [4.78, 5) is 68.2. The van der Waals surface area contributed by atoms with Crippen LogP contribution < -0.4 is 16.0 Å². The molecule has 58 heavy (non-hydrogen) atoms. The highest BCUT2D eigenvalue weighted by Crippen LogP contribution is 2.39. The van der Waals surface area contributed by atoms with Crippen molar-refractivity contribution >= 4 is 53.7 Å². The molecule has 9 rings (SSSR count). The van der Waals surface area contributed by atoms with Gasteiger partial charge in [-0.25, -0.2) is 0 Å². The lowest BCUT2D eigenvalue weighted by atomic mass is 9.84. The number of rotatable bonds is 18. The lowest BCUT2D eigenvalue weighted by molar-refractivity contribution is -0.144. The first-order valence-corrected chi connectivity index (χ1v) is 20.4. The highest BCUT2D eigenvalue weighted by molar-refractivity contribution is 6.44. The van der Waals surface area contributed by atoms with E-state index in [1.807, 2.05) is 0 Å². The van der Waals surface area contributed by atoms with Crippen LogP contribution in [0.2, 0.25) is 0 Å². The van der Waals surface area contributed by atoms with E-state index in [-0.39, 0.29) is 17.8 Å². The fraction of sp³-hybridized carbons (Fsp3) is 0.500. The summed E-state index contributed by atoms with van der Waals surface area (Å²) in [6, 6.07) is 0. The van der Waals surface area contributed by atoms with Crippen molar-refractivity contribution in [1.29, 1.82) is 0 Å². The van der Waals surface area contributed by atoms with E-state index in [2.05, 4.69) is 35.8 Å². The molecule has 16 nitrogen and oxygen atoms in total. The van der Waals surface area contributed by atoms with Gasteiger partial charge in [-0.2, -0.15) is 0 Å². The fourth-order valence-electron chi connectivity index (χ4n) is 9.99. The molecule has 0 amide bonds. The number of carbonyl (C=O) groups is 3. The highest BCUT2D eigenvalue weighted by Gasteiger charge is 2.39. The van der Waals surface area contributed by atoms with E-state index in [1.165, 1.54) is 0 Å². The Kier molecular flexibility index (Phi) is 10.7. The predicted octanol–water partition coefficient (Wildman–Crippen LogP) is 2.42. The summed E-state index contributed by atoms with van der Waals surface area (Å²) < 4.78 is 0. The summed E-state index contributed by atoms with van der Waals surface area (Å²) in [5, 5.41) is 40.7. The largest absolute Gasteiger partial charge is 0.481 e. The third-order valence-electron chi connectivity index (χ3n) is 13.1. The maximum absolute atomic E-state index is 12.5. The summed E-state index contributed by atoms with van der Waals surface area (Å²) in [7, 11) is 0. The molecule has 302 valence electrons. The van der Waals surface area contributed by atoms with Gasteiger partial charge in [0.2, 0.25) is 0 Å². The van der Waals surface area contributed by atoms with E-state index in [0.29, 0.717) is 75.7 Å². The molecule has 0 aromatic rings. The van der Waals surface area contributed by atoms with Crippen molar-refractivity contribution in [1.82, 2.24) is 20.9 Å². The normalized spacial score (nSPS) is 26.9. The van der Waals surface area contributed by atoms with Crippen LogP contribution in [0.25, 0.3) is 0 Å². The maximum atomic E-state index is 12.5. The van der Waals surface area contributed by atoms with E-state index in [0.717, 1.165) is 89.4 Å². The molecule has 16 heteroatoms. The summed E-state index contributed by atoms with van der Waals surface area (Å²) in [5.41, 5.74) is 9.60. The molecule has 3 saturated heterocycles. The molecule has 0 aliphatic carbocycles. The second kappa shape index (κ2) is 16.2. The first-order valence-electron chi connectivity index (χ1n) is 20.4. The minimum atomic E-state index is -0.815. The van der Waals surface area contributed by atoms with Crippen molar-refractivity contribution in [2.75, 3.05) is 58.9 Å².